The molecule has 102 valence electrons. The van der Waals surface area contributed by atoms with E-state index in [9.17, 15) is 26.3 Å². The van der Waals surface area contributed by atoms with Crippen LogP contribution in [-0.4, -0.2) is 4.98 Å². The van der Waals surface area contributed by atoms with Crippen LogP contribution in [0, 0.1) is 0 Å². The number of hydrogen-bond donors (Lipinski definition) is 0. The zero-order valence-electron chi connectivity index (χ0n) is 9.01. The van der Waals surface area contributed by atoms with Crippen molar-refractivity contribution in [1.82, 2.24) is 4.98 Å². The summed E-state index contributed by atoms with van der Waals surface area (Å²) in [4.78, 5) is 3.63. The lowest BCUT2D eigenvalue weighted by Crippen LogP contribution is -2.11. The molecule has 2 rings (SSSR count). The molecule has 2 aromatic rings. The summed E-state index contributed by atoms with van der Waals surface area (Å²) in [5.41, 5.74) is -1.70. The fraction of sp³-hybridized carbons (Fsp3) is 0.182. The van der Waals surface area contributed by atoms with Gasteiger partial charge in [0.15, 0.2) is 0 Å². The molecular formula is C11H5F6NS. The number of hydrogen-bond acceptors (Lipinski definition) is 2. The Morgan fingerprint density at radius 3 is 2.11 bits per heavy atom. The van der Waals surface area contributed by atoms with Gasteiger partial charge in [-0.15, -0.1) is 11.3 Å². The molecule has 1 heterocycles. The summed E-state index contributed by atoms with van der Waals surface area (Å²) in [7, 11) is 0. The fourth-order valence-electron chi connectivity index (χ4n) is 1.53. The Morgan fingerprint density at radius 2 is 1.63 bits per heavy atom. The Labute approximate surface area is 107 Å². The summed E-state index contributed by atoms with van der Waals surface area (Å²) in [6, 6.07) is 1.31. The van der Waals surface area contributed by atoms with Crippen LogP contribution in [0.15, 0.2) is 29.1 Å². The third kappa shape index (κ3) is 2.89. The second kappa shape index (κ2) is 4.52. The molecule has 8 heteroatoms. The van der Waals surface area contributed by atoms with Gasteiger partial charge < -0.3 is 0 Å². The molecule has 0 N–H and O–H groups in total. The minimum absolute atomic E-state index is 0.122. The maximum atomic E-state index is 12.8. The quantitative estimate of drug-likeness (QED) is 0.686. The van der Waals surface area contributed by atoms with Gasteiger partial charge in [-0.25, -0.2) is 4.98 Å². The van der Waals surface area contributed by atoms with Crippen molar-refractivity contribution in [1.29, 1.82) is 0 Å². The summed E-state index contributed by atoms with van der Waals surface area (Å²) in [5, 5.41) is 1.27. The van der Waals surface area contributed by atoms with Gasteiger partial charge in [-0.2, -0.15) is 26.3 Å². The lowest BCUT2D eigenvalue weighted by molar-refractivity contribution is -0.141. The third-order valence-corrected chi connectivity index (χ3v) is 2.95. The van der Waals surface area contributed by atoms with E-state index in [1.54, 1.807) is 0 Å². The summed E-state index contributed by atoms with van der Waals surface area (Å²) in [5.74, 6) is 0. The summed E-state index contributed by atoms with van der Waals surface area (Å²) >= 11 is 1.01. The van der Waals surface area contributed by atoms with Crippen LogP contribution >= 0.6 is 11.3 Å². The number of nitrogens with zero attached hydrogens (tertiary/aromatic N) is 1. The number of aromatic nitrogens is 1. The van der Waals surface area contributed by atoms with Gasteiger partial charge in [-0.1, -0.05) is 0 Å². The normalized spacial score (nSPS) is 12.7. The molecule has 0 atom stereocenters. The van der Waals surface area contributed by atoms with Gasteiger partial charge in [-0.05, 0) is 18.2 Å². The van der Waals surface area contributed by atoms with E-state index < -0.39 is 29.0 Å². The predicted molar refractivity (Wildman–Crippen MR) is 57.6 cm³/mol. The van der Waals surface area contributed by atoms with E-state index in [4.69, 9.17) is 0 Å². The number of thiazole rings is 1. The first kappa shape index (κ1) is 13.9. The van der Waals surface area contributed by atoms with Crippen LogP contribution in [0.5, 0.6) is 0 Å². The van der Waals surface area contributed by atoms with Crippen molar-refractivity contribution in [3.05, 3.63) is 40.2 Å². The summed E-state index contributed by atoms with van der Waals surface area (Å²) in [6.07, 6.45) is -9.43. The van der Waals surface area contributed by atoms with Crippen LogP contribution in [0.1, 0.15) is 11.1 Å². The molecule has 0 aliphatic rings. The average molecular weight is 297 g/mol. The first-order chi connectivity index (χ1) is 8.69. The molecule has 1 aromatic carbocycles. The molecule has 0 saturated heterocycles. The number of halogens is 6. The van der Waals surface area contributed by atoms with Gasteiger partial charge in [0.05, 0.1) is 22.3 Å². The monoisotopic (exact) mass is 297 g/mol. The van der Waals surface area contributed by atoms with Gasteiger partial charge >= 0.3 is 12.4 Å². The molecule has 0 bridgehead atoms. The van der Waals surface area contributed by atoms with Crippen molar-refractivity contribution in [3.63, 3.8) is 0 Å². The van der Waals surface area contributed by atoms with E-state index in [1.165, 1.54) is 10.9 Å². The average Bonchev–Trinajstić information content (AvgIpc) is 2.79. The fourth-order valence-corrected chi connectivity index (χ4v) is 2.08. The van der Waals surface area contributed by atoms with Crippen molar-refractivity contribution >= 4 is 11.3 Å². The smallest absolute Gasteiger partial charge is 0.245 e. The Bertz CT molecular complexity index is 570. The molecule has 0 fully saturated rings. The van der Waals surface area contributed by atoms with Crippen molar-refractivity contribution in [3.8, 4) is 11.3 Å². The first-order valence-corrected chi connectivity index (χ1v) is 5.81. The minimum Gasteiger partial charge on any atom is -0.245 e. The van der Waals surface area contributed by atoms with Crippen LogP contribution in [-0.2, 0) is 12.4 Å². The largest absolute Gasteiger partial charge is 0.417 e. The highest BCUT2D eigenvalue weighted by atomic mass is 32.1. The highest BCUT2D eigenvalue weighted by Crippen LogP contribution is 2.40. The predicted octanol–water partition coefficient (Wildman–Crippen LogP) is 4.85. The molecule has 0 saturated carbocycles. The van der Waals surface area contributed by atoms with Crippen LogP contribution in [0.4, 0.5) is 26.3 Å². The maximum Gasteiger partial charge on any atom is 0.417 e. The number of benzene rings is 1. The maximum absolute atomic E-state index is 12.8. The summed E-state index contributed by atoms with van der Waals surface area (Å²) < 4.78 is 75.9. The van der Waals surface area contributed by atoms with Crippen LogP contribution in [0.25, 0.3) is 11.3 Å². The van der Waals surface area contributed by atoms with Gasteiger partial charge in [-0.3, -0.25) is 0 Å². The topological polar surface area (TPSA) is 12.9 Å². The minimum atomic E-state index is -4.73. The molecule has 0 unspecified atom stereocenters. The third-order valence-electron chi connectivity index (χ3n) is 2.36. The van der Waals surface area contributed by atoms with Crippen molar-refractivity contribution in [2.45, 2.75) is 12.4 Å². The Hall–Kier alpha value is -1.57. The Balaban J connectivity index is 2.65. The molecule has 0 aliphatic heterocycles. The lowest BCUT2D eigenvalue weighted by atomic mass is 10.0. The molecule has 1 nitrogen and oxygen atoms in total. The van der Waals surface area contributed by atoms with Crippen molar-refractivity contribution in [2.75, 3.05) is 0 Å². The van der Waals surface area contributed by atoms with Crippen LogP contribution in [0.3, 0.4) is 0 Å². The number of rotatable bonds is 1. The first-order valence-electron chi connectivity index (χ1n) is 4.86. The Kier molecular flexibility index (Phi) is 3.29. The zero-order valence-corrected chi connectivity index (χ0v) is 9.83. The SMILES string of the molecule is FC(F)(F)c1ccc(C(F)(F)F)c(-c2cscn2)c1. The van der Waals surface area contributed by atoms with Gasteiger partial charge in [0, 0.05) is 10.9 Å². The second-order valence-electron chi connectivity index (χ2n) is 3.63. The van der Waals surface area contributed by atoms with Crippen LogP contribution < -0.4 is 0 Å². The standard InChI is InChI=1S/C11H5F6NS/c12-10(13,14)6-1-2-8(11(15,16)17)7(3-6)9-4-19-5-18-9/h1-5H. The molecule has 0 radical (unpaired) electrons. The second-order valence-corrected chi connectivity index (χ2v) is 4.35. The van der Waals surface area contributed by atoms with Crippen LogP contribution in [0.2, 0.25) is 0 Å². The highest BCUT2D eigenvalue weighted by molar-refractivity contribution is 7.07. The van der Waals surface area contributed by atoms with E-state index in [-0.39, 0.29) is 5.69 Å². The zero-order chi connectivity index (χ0) is 14.3. The van der Waals surface area contributed by atoms with Gasteiger partial charge in [0.1, 0.15) is 0 Å². The molecule has 19 heavy (non-hydrogen) atoms. The van der Waals surface area contributed by atoms with E-state index in [1.807, 2.05) is 0 Å². The molecule has 0 spiro atoms. The van der Waals surface area contributed by atoms with E-state index in [0.29, 0.717) is 18.2 Å². The molecule has 0 amide bonds. The van der Waals surface area contributed by atoms with Crippen molar-refractivity contribution < 1.29 is 26.3 Å². The molecule has 0 aliphatic carbocycles. The summed E-state index contributed by atoms with van der Waals surface area (Å²) in [6.45, 7) is 0. The van der Waals surface area contributed by atoms with Gasteiger partial charge in [0.2, 0.25) is 0 Å². The lowest BCUT2D eigenvalue weighted by Gasteiger charge is -2.14. The molecular weight excluding hydrogens is 292 g/mol. The van der Waals surface area contributed by atoms with Gasteiger partial charge in [0.25, 0.3) is 0 Å². The van der Waals surface area contributed by atoms with E-state index in [2.05, 4.69) is 4.98 Å². The van der Waals surface area contributed by atoms with E-state index >= 15 is 0 Å². The number of alkyl halides is 6. The highest BCUT2D eigenvalue weighted by Gasteiger charge is 2.37. The van der Waals surface area contributed by atoms with Crippen molar-refractivity contribution in [2.24, 2.45) is 0 Å². The molecule has 1 aromatic heterocycles. The van der Waals surface area contributed by atoms with E-state index in [0.717, 1.165) is 11.3 Å². The Morgan fingerprint density at radius 1 is 0.947 bits per heavy atom.